The fourth-order valence-corrected chi connectivity index (χ4v) is 8.46. The Bertz CT molecular complexity index is 1180. The summed E-state index contributed by atoms with van der Waals surface area (Å²) in [5.74, 6) is -3.35. The van der Waals surface area contributed by atoms with Crippen molar-refractivity contribution in [1.82, 2.24) is 0 Å². The zero-order valence-electron chi connectivity index (χ0n) is 20.2. The van der Waals surface area contributed by atoms with Gasteiger partial charge < -0.3 is 9.84 Å². The van der Waals surface area contributed by atoms with Gasteiger partial charge in [0.1, 0.15) is 0 Å². The van der Waals surface area contributed by atoms with Crippen LogP contribution >= 0.6 is 12.6 Å². The molecule has 3 saturated carbocycles. The number of carbonyl (C=O) groups is 3. The molecule has 0 aromatic heterocycles. The number of alkyl halides is 2. The summed E-state index contributed by atoms with van der Waals surface area (Å²) in [6, 6.07) is 8.09. The fraction of sp³-hybridized carbons (Fsp3) is 0.536. The minimum atomic E-state index is -2.14. The topological polar surface area (TPSA) is 80.7 Å². The van der Waals surface area contributed by atoms with Crippen LogP contribution < -0.4 is 0 Å². The molecule has 36 heavy (non-hydrogen) atoms. The molecule has 8 atom stereocenters. The summed E-state index contributed by atoms with van der Waals surface area (Å²) >= 11 is 4.10. The lowest BCUT2D eigenvalue weighted by molar-refractivity contribution is -0.217. The van der Waals surface area contributed by atoms with E-state index in [0.717, 1.165) is 0 Å². The Hall–Kier alpha value is -2.32. The van der Waals surface area contributed by atoms with Crippen LogP contribution in [0.3, 0.4) is 0 Å². The second-order valence-corrected chi connectivity index (χ2v) is 11.6. The number of allylic oxidation sites excluding steroid dienone is 4. The van der Waals surface area contributed by atoms with E-state index >= 15 is 4.39 Å². The van der Waals surface area contributed by atoms with Crippen LogP contribution in [0.1, 0.15) is 49.9 Å². The highest BCUT2D eigenvalue weighted by molar-refractivity contribution is 7.96. The second-order valence-electron chi connectivity index (χ2n) is 11.1. The largest absolute Gasteiger partial charge is 0.445 e. The first-order valence-corrected chi connectivity index (χ1v) is 12.8. The number of benzene rings is 1. The first-order valence-electron chi connectivity index (χ1n) is 12.3. The molecule has 1 N–H and O–H groups in total. The minimum absolute atomic E-state index is 0.113. The molecular formula is C28H30F2O5S. The number of ether oxygens (including phenoxy) is 1. The molecule has 1 aromatic carbocycles. The normalized spacial score (nSPS) is 43.2. The van der Waals surface area contributed by atoms with Crippen molar-refractivity contribution in [3.63, 3.8) is 0 Å². The van der Waals surface area contributed by atoms with Crippen LogP contribution in [0.25, 0.3) is 0 Å². The SMILES string of the molecule is C[C@]12C=CC(=O)C=C1CC[C@H]1[C@@H]3C[C@@H](CF)[C@](OC(=O)c4ccccc4)(C(=O)S)[C@@]3(C)C[C@H](O)[C@@]12F. The first kappa shape index (κ1) is 25.3. The lowest BCUT2D eigenvalue weighted by Gasteiger charge is -2.62. The number of hydrogen-bond acceptors (Lipinski definition) is 5. The Morgan fingerprint density at radius 3 is 2.53 bits per heavy atom. The molecule has 192 valence electrons. The van der Waals surface area contributed by atoms with Gasteiger partial charge in [0.05, 0.1) is 18.3 Å². The van der Waals surface area contributed by atoms with Crippen LogP contribution in [-0.2, 0) is 14.3 Å². The second kappa shape index (κ2) is 8.35. The molecule has 0 bridgehead atoms. The van der Waals surface area contributed by atoms with Crippen molar-refractivity contribution in [3.05, 3.63) is 59.7 Å². The zero-order chi connectivity index (χ0) is 26.1. The summed E-state index contributed by atoms with van der Waals surface area (Å²) in [5, 5.41) is 10.7. The molecule has 4 aliphatic carbocycles. The van der Waals surface area contributed by atoms with E-state index in [9.17, 15) is 23.9 Å². The van der Waals surface area contributed by atoms with Crippen LogP contribution in [-0.4, -0.2) is 46.0 Å². The molecule has 3 fully saturated rings. The summed E-state index contributed by atoms with van der Waals surface area (Å²) in [4.78, 5) is 38.4. The fourth-order valence-electron chi connectivity index (χ4n) is 7.97. The third kappa shape index (κ3) is 3.06. The molecular weight excluding hydrogens is 486 g/mol. The summed E-state index contributed by atoms with van der Waals surface area (Å²) in [7, 11) is 0. The average molecular weight is 517 g/mol. The van der Waals surface area contributed by atoms with Crippen molar-refractivity contribution in [2.45, 2.75) is 56.9 Å². The smallest absolute Gasteiger partial charge is 0.339 e. The van der Waals surface area contributed by atoms with Gasteiger partial charge in [-0.1, -0.05) is 36.8 Å². The van der Waals surface area contributed by atoms with Crippen LogP contribution in [0.15, 0.2) is 54.1 Å². The van der Waals surface area contributed by atoms with E-state index in [-0.39, 0.29) is 24.2 Å². The monoisotopic (exact) mass is 516 g/mol. The molecule has 0 spiro atoms. The molecule has 5 nitrogen and oxygen atoms in total. The Morgan fingerprint density at radius 2 is 1.89 bits per heavy atom. The number of thiol groups is 1. The van der Waals surface area contributed by atoms with Crippen molar-refractivity contribution < 1.29 is 33.0 Å². The number of esters is 1. The van der Waals surface area contributed by atoms with Crippen LogP contribution in [0.5, 0.6) is 0 Å². The van der Waals surface area contributed by atoms with E-state index in [1.54, 1.807) is 32.0 Å². The number of aliphatic hydroxyl groups is 1. The van der Waals surface area contributed by atoms with Crippen LogP contribution in [0.4, 0.5) is 8.78 Å². The standard InChI is InChI=1S/C28H30F2O5S/c1-25-11-10-19(31)12-17(25)8-9-20-21-13-18(15-29)28(24(34)36,26(21,2)14-22(32)27(20,25)30)35-23(33)16-6-4-3-5-7-16/h3-7,10-12,18,20-22,32H,8-9,13-15H2,1-2H3,(H,34,36)/t18-,20-,21-,22-,25-,26-,27-,28-/m0/s1. The van der Waals surface area contributed by atoms with Crippen LogP contribution in [0, 0.1) is 28.6 Å². The summed E-state index contributed by atoms with van der Waals surface area (Å²) < 4.78 is 37.9. The van der Waals surface area contributed by atoms with Gasteiger partial charge >= 0.3 is 5.97 Å². The zero-order valence-corrected chi connectivity index (χ0v) is 21.1. The number of aliphatic hydroxyl groups excluding tert-OH is 1. The molecule has 0 aliphatic heterocycles. The number of halogens is 2. The van der Waals surface area contributed by atoms with Gasteiger partial charge in [0.25, 0.3) is 0 Å². The molecule has 4 aliphatic rings. The van der Waals surface area contributed by atoms with E-state index in [4.69, 9.17) is 4.74 Å². The van der Waals surface area contributed by atoms with E-state index in [2.05, 4.69) is 12.6 Å². The van der Waals surface area contributed by atoms with Gasteiger partial charge in [0.2, 0.25) is 5.12 Å². The molecule has 1 aromatic rings. The predicted octanol–water partition coefficient (Wildman–Crippen LogP) is 4.61. The van der Waals surface area contributed by atoms with E-state index in [1.807, 2.05) is 0 Å². The molecule has 0 unspecified atom stereocenters. The van der Waals surface area contributed by atoms with Gasteiger partial charge in [0.15, 0.2) is 17.1 Å². The van der Waals surface area contributed by atoms with Crippen molar-refractivity contribution in [1.29, 1.82) is 0 Å². The van der Waals surface area contributed by atoms with Crippen molar-refractivity contribution in [2.24, 2.45) is 28.6 Å². The minimum Gasteiger partial charge on any atom is -0.445 e. The third-order valence-corrected chi connectivity index (χ3v) is 10.1. The molecule has 5 rings (SSSR count). The van der Waals surface area contributed by atoms with E-state index in [0.29, 0.717) is 18.4 Å². The van der Waals surface area contributed by atoms with Gasteiger partial charge in [-0.15, -0.1) is 12.6 Å². The number of ketones is 1. The number of hydrogen-bond donors (Lipinski definition) is 2. The van der Waals surface area contributed by atoms with Gasteiger partial charge in [-0.2, -0.15) is 0 Å². The Labute approximate surface area is 214 Å². The molecule has 0 heterocycles. The van der Waals surface area contributed by atoms with Crippen molar-refractivity contribution in [3.8, 4) is 0 Å². The molecule has 0 radical (unpaired) electrons. The van der Waals surface area contributed by atoms with Gasteiger partial charge in [0, 0.05) is 22.7 Å². The van der Waals surface area contributed by atoms with E-state index < -0.39 is 63.7 Å². The highest BCUT2D eigenvalue weighted by Crippen LogP contribution is 2.71. The lowest BCUT2D eigenvalue weighted by atomic mass is 9.45. The van der Waals surface area contributed by atoms with Crippen molar-refractivity contribution in [2.75, 3.05) is 6.67 Å². The van der Waals surface area contributed by atoms with Gasteiger partial charge in [-0.25, -0.2) is 9.18 Å². The molecule has 8 heteroatoms. The summed E-state index contributed by atoms with van der Waals surface area (Å²) in [6.45, 7) is 2.42. The lowest BCUT2D eigenvalue weighted by Crippen LogP contribution is -2.69. The Morgan fingerprint density at radius 1 is 1.19 bits per heavy atom. The molecule has 0 saturated heterocycles. The van der Waals surface area contributed by atoms with Crippen LogP contribution in [0.2, 0.25) is 0 Å². The first-order chi connectivity index (χ1) is 17.0. The maximum Gasteiger partial charge on any atom is 0.339 e. The maximum absolute atomic E-state index is 17.3. The quantitative estimate of drug-likeness (QED) is 0.452. The summed E-state index contributed by atoms with van der Waals surface area (Å²) in [5.41, 5.74) is -5.75. The average Bonchev–Trinajstić information content (AvgIpc) is 3.09. The maximum atomic E-state index is 17.3. The number of fused-ring (bicyclic) bond motifs is 5. The third-order valence-electron chi connectivity index (χ3n) is 9.76. The predicted molar refractivity (Wildman–Crippen MR) is 132 cm³/mol. The van der Waals surface area contributed by atoms with Crippen molar-refractivity contribution >= 4 is 29.5 Å². The van der Waals surface area contributed by atoms with Gasteiger partial charge in [-0.3, -0.25) is 14.0 Å². The number of rotatable bonds is 4. The Balaban J connectivity index is 1.61. The number of carbonyl (C=O) groups excluding carboxylic acids is 3. The Kier molecular flexibility index (Phi) is 5.87. The summed E-state index contributed by atoms with van der Waals surface area (Å²) in [6.07, 6.45) is 3.42. The van der Waals surface area contributed by atoms with Gasteiger partial charge in [-0.05, 0) is 62.8 Å². The highest BCUT2D eigenvalue weighted by atomic mass is 32.1. The van der Waals surface area contributed by atoms with E-state index in [1.165, 1.54) is 30.4 Å². The highest BCUT2D eigenvalue weighted by Gasteiger charge is 2.77. The molecule has 0 amide bonds.